The van der Waals surface area contributed by atoms with Gasteiger partial charge in [-0.1, -0.05) is 12.1 Å². The summed E-state index contributed by atoms with van der Waals surface area (Å²) < 4.78 is 23.0. The third-order valence-corrected chi connectivity index (χ3v) is 3.32. The minimum Gasteiger partial charge on any atom is -0.393 e. The van der Waals surface area contributed by atoms with E-state index in [1.165, 1.54) is 6.26 Å². The Morgan fingerprint density at radius 2 is 2.00 bits per heavy atom. The average Bonchev–Trinajstić information content (AvgIpc) is 2.05. The van der Waals surface area contributed by atoms with Gasteiger partial charge in [-0.2, -0.15) is 0 Å². The second kappa shape index (κ2) is 4.33. The van der Waals surface area contributed by atoms with E-state index in [2.05, 4.69) is 0 Å². The van der Waals surface area contributed by atoms with Gasteiger partial charge in [-0.3, -0.25) is 0 Å². The predicted octanol–water partition coefficient (Wildman–Crippen LogP) is 1.32. The minimum atomic E-state index is -3.21. The Bertz CT molecular complexity index is 447. The van der Waals surface area contributed by atoms with Gasteiger partial charge in [0.1, 0.15) is 0 Å². The molecule has 0 fully saturated rings. The van der Waals surface area contributed by atoms with Crippen LogP contribution in [0.1, 0.15) is 18.1 Å². The lowest BCUT2D eigenvalue weighted by Crippen LogP contribution is -2.09. The molecule has 0 amide bonds. The standard InChI is InChI=1S/C11H16O3S/c1-8-4-5-10(7-9(2)12)11(6-8)15(3,13)14/h4-6,9,12H,7H2,1-3H3. The summed E-state index contributed by atoms with van der Waals surface area (Å²) in [5, 5.41) is 9.27. The molecule has 1 unspecified atom stereocenters. The average molecular weight is 228 g/mol. The van der Waals surface area contributed by atoms with Crippen LogP contribution in [0.2, 0.25) is 0 Å². The quantitative estimate of drug-likeness (QED) is 0.849. The highest BCUT2D eigenvalue weighted by atomic mass is 32.2. The number of sulfone groups is 1. The van der Waals surface area contributed by atoms with Gasteiger partial charge >= 0.3 is 0 Å². The summed E-state index contributed by atoms with van der Waals surface area (Å²) in [5.41, 5.74) is 1.59. The summed E-state index contributed by atoms with van der Waals surface area (Å²) in [4.78, 5) is 0.323. The molecule has 4 heteroatoms. The summed E-state index contributed by atoms with van der Waals surface area (Å²) in [5.74, 6) is 0. The molecular formula is C11H16O3S. The Balaban J connectivity index is 3.27. The zero-order valence-corrected chi connectivity index (χ0v) is 10.0. The first-order chi connectivity index (χ1) is 6.80. The van der Waals surface area contributed by atoms with Crippen LogP contribution in [0, 0.1) is 6.92 Å². The Morgan fingerprint density at radius 3 is 2.47 bits per heavy atom. The van der Waals surface area contributed by atoms with Crippen molar-refractivity contribution in [1.29, 1.82) is 0 Å². The molecule has 1 aromatic carbocycles. The number of rotatable bonds is 3. The maximum atomic E-state index is 11.5. The van der Waals surface area contributed by atoms with Crippen molar-refractivity contribution in [2.24, 2.45) is 0 Å². The van der Waals surface area contributed by atoms with Gasteiger partial charge in [0.2, 0.25) is 0 Å². The van der Waals surface area contributed by atoms with Gasteiger partial charge in [0, 0.05) is 6.26 Å². The molecule has 84 valence electrons. The van der Waals surface area contributed by atoms with Gasteiger partial charge in [0.15, 0.2) is 9.84 Å². The first kappa shape index (κ1) is 12.2. The summed E-state index contributed by atoms with van der Waals surface area (Å²) in [6.45, 7) is 3.49. The SMILES string of the molecule is Cc1ccc(CC(C)O)c(S(C)(=O)=O)c1. The maximum Gasteiger partial charge on any atom is 0.175 e. The molecule has 1 N–H and O–H groups in total. The lowest BCUT2D eigenvalue weighted by molar-refractivity contribution is 0.194. The van der Waals surface area contributed by atoms with Gasteiger partial charge in [0.05, 0.1) is 11.0 Å². The van der Waals surface area contributed by atoms with Crippen molar-refractivity contribution >= 4 is 9.84 Å². The van der Waals surface area contributed by atoms with Crippen molar-refractivity contribution in [2.45, 2.75) is 31.3 Å². The van der Waals surface area contributed by atoms with Crippen molar-refractivity contribution in [1.82, 2.24) is 0 Å². The zero-order chi connectivity index (χ0) is 11.6. The van der Waals surface area contributed by atoms with Crippen LogP contribution in [0.4, 0.5) is 0 Å². The summed E-state index contributed by atoms with van der Waals surface area (Å²) in [6.07, 6.45) is 1.02. The molecule has 0 saturated heterocycles. The topological polar surface area (TPSA) is 54.4 Å². The van der Waals surface area contributed by atoms with Crippen molar-refractivity contribution in [3.05, 3.63) is 29.3 Å². The third-order valence-electron chi connectivity index (χ3n) is 2.14. The van der Waals surface area contributed by atoms with Gasteiger partial charge in [-0.15, -0.1) is 0 Å². The molecule has 1 atom stereocenters. The normalized spacial score (nSPS) is 13.9. The first-order valence-electron chi connectivity index (χ1n) is 4.78. The molecule has 15 heavy (non-hydrogen) atoms. The second-order valence-electron chi connectivity index (χ2n) is 3.94. The van der Waals surface area contributed by atoms with Gasteiger partial charge in [-0.25, -0.2) is 8.42 Å². The van der Waals surface area contributed by atoms with Crippen LogP contribution >= 0.6 is 0 Å². The predicted molar refractivity (Wildman–Crippen MR) is 59.7 cm³/mol. The Labute approximate surface area is 90.7 Å². The Morgan fingerprint density at radius 1 is 1.40 bits per heavy atom. The molecule has 0 aromatic heterocycles. The van der Waals surface area contributed by atoms with Crippen molar-refractivity contribution in [2.75, 3.05) is 6.26 Å². The van der Waals surface area contributed by atoms with E-state index in [0.29, 0.717) is 16.9 Å². The van der Waals surface area contributed by atoms with Gasteiger partial charge in [0.25, 0.3) is 0 Å². The van der Waals surface area contributed by atoms with E-state index >= 15 is 0 Å². The highest BCUT2D eigenvalue weighted by Crippen LogP contribution is 2.19. The van der Waals surface area contributed by atoms with Crippen LogP contribution < -0.4 is 0 Å². The van der Waals surface area contributed by atoms with E-state index in [1.54, 1.807) is 19.1 Å². The lowest BCUT2D eigenvalue weighted by atomic mass is 10.1. The molecule has 3 nitrogen and oxygen atoms in total. The van der Waals surface area contributed by atoms with Crippen LogP contribution in [0.25, 0.3) is 0 Å². The van der Waals surface area contributed by atoms with Crippen molar-refractivity contribution < 1.29 is 13.5 Å². The Hall–Kier alpha value is -0.870. The molecular weight excluding hydrogens is 212 g/mol. The minimum absolute atomic E-state index is 0.323. The van der Waals surface area contributed by atoms with Crippen LogP contribution in [0.3, 0.4) is 0 Å². The highest BCUT2D eigenvalue weighted by molar-refractivity contribution is 7.90. The van der Waals surface area contributed by atoms with E-state index in [0.717, 1.165) is 5.56 Å². The molecule has 1 rings (SSSR count). The molecule has 0 bridgehead atoms. The maximum absolute atomic E-state index is 11.5. The number of hydrogen-bond acceptors (Lipinski definition) is 3. The largest absolute Gasteiger partial charge is 0.393 e. The van der Waals surface area contributed by atoms with E-state index in [1.807, 2.05) is 13.0 Å². The number of aliphatic hydroxyl groups excluding tert-OH is 1. The zero-order valence-electron chi connectivity index (χ0n) is 9.19. The fraction of sp³-hybridized carbons (Fsp3) is 0.455. The van der Waals surface area contributed by atoms with Crippen LogP contribution in [-0.2, 0) is 16.3 Å². The van der Waals surface area contributed by atoms with E-state index in [-0.39, 0.29) is 0 Å². The molecule has 0 aliphatic carbocycles. The summed E-state index contributed by atoms with van der Waals surface area (Å²) in [7, 11) is -3.21. The fourth-order valence-corrected chi connectivity index (χ4v) is 2.52. The van der Waals surface area contributed by atoms with Crippen LogP contribution in [0.5, 0.6) is 0 Å². The summed E-state index contributed by atoms with van der Waals surface area (Å²) in [6, 6.07) is 5.26. The molecule has 0 heterocycles. The number of hydrogen-bond donors (Lipinski definition) is 1. The van der Waals surface area contributed by atoms with Gasteiger partial charge in [-0.05, 0) is 37.5 Å². The Kier molecular flexibility index (Phi) is 3.52. The van der Waals surface area contributed by atoms with E-state index < -0.39 is 15.9 Å². The van der Waals surface area contributed by atoms with Crippen LogP contribution in [0.15, 0.2) is 23.1 Å². The second-order valence-corrected chi connectivity index (χ2v) is 5.92. The number of benzene rings is 1. The fourth-order valence-electron chi connectivity index (χ4n) is 1.49. The van der Waals surface area contributed by atoms with E-state index in [4.69, 9.17) is 0 Å². The lowest BCUT2D eigenvalue weighted by Gasteiger charge is -2.10. The molecule has 1 aromatic rings. The highest BCUT2D eigenvalue weighted by Gasteiger charge is 2.14. The molecule has 0 aliphatic heterocycles. The van der Waals surface area contributed by atoms with Gasteiger partial charge < -0.3 is 5.11 Å². The monoisotopic (exact) mass is 228 g/mol. The molecule has 0 spiro atoms. The van der Waals surface area contributed by atoms with Crippen LogP contribution in [-0.4, -0.2) is 25.9 Å². The van der Waals surface area contributed by atoms with Crippen molar-refractivity contribution in [3.8, 4) is 0 Å². The molecule has 0 radical (unpaired) electrons. The third kappa shape index (κ3) is 3.32. The number of aliphatic hydroxyl groups is 1. The molecule has 0 saturated carbocycles. The molecule has 0 aliphatic rings. The smallest absolute Gasteiger partial charge is 0.175 e. The van der Waals surface area contributed by atoms with Crippen molar-refractivity contribution in [3.63, 3.8) is 0 Å². The first-order valence-corrected chi connectivity index (χ1v) is 6.67. The summed E-state index contributed by atoms with van der Waals surface area (Å²) >= 11 is 0. The van der Waals surface area contributed by atoms with E-state index in [9.17, 15) is 13.5 Å². The number of aryl methyl sites for hydroxylation is 1.